The van der Waals surface area contributed by atoms with Crippen LogP contribution in [-0.2, 0) is 0 Å². The monoisotopic (exact) mass is 380 g/mol. The van der Waals surface area contributed by atoms with E-state index < -0.39 is 16.5 Å². The number of rotatable bonds is 3. The van der Waals surface area contributed by atoms with Crippen LogP contribution in [0.4, 0.5) is 8.78 Å². The van der Waals surface area contributed by atoms with Crippen molar-refractivity contribution < 1.29 is 13.5 Å². The van der Waals surface area contributed by atoms with Gasteiger partial charge in [-0.15, -0.1) is 0 Å². The zero-order valence-electron chi connectivity index (χ0n) is 10.3. The lowest BCUT2D eigenvalue weighted by molar-refractivity contribution is 0.405. The molecule has 0 saturated carbocycles. The Labute approximate surface area is 133 Å². The maximum absolute atomic E-state index is 14.0. The van der Waals surface area contributed by atoms with E-state index in [-0.39, 0.29) is 11.3 Å². The first-order chi connectivity index (χ1) is 9.43. The fourth-order valence-electron chi connectivity index (χ4n) is 1.79. The van der Waals surface area contributed by atoms with Gasteiger partial charge >= 0.3 is 0 Å². The molecule has 1 atom stereocenters. The van der Waals surface area contributed by atoms with Crippen LogP contribution in [0.5, 0.6) is 5.75 Å². The lowest BCUT2D eigenvalue weighted by atomic mass is 10.0. The molecule has 0 spiro atoms. The Bertz CT molecular complexity index is 626. The molecule has 2 rings (SSSR count). The van der Waals surface area contributed by atoms with Crippen molar-refractivity contribution in [2.75, 3.05) is 7.11 Å². The fraction of sp³-hybridized carbons (Fsp3) is 0.143. The molecule has 1 unspecified atom stereocenters. The van der Waals surface area contributed by atoms with Gasteiger partial charge in [0.1, 0.15) is 17.4 Å². The Morgan fingerprint density at radius 3 is 2.25 bits per heavy atom. The molecular weight excluding hydrogens is 373 g/mol. The summed E-state index contributed by atoms with van der Waals surface area (Å²) in [4.78, 5) is -0.750. The molecule has 0 saturated heterocycles. The predicted octanol–water partition coefficient (Wildman–Crippen LogP) is 5.76. The van der Waals surface area contributed by atoms with Crippen molar-refractivity contribution in [1.82, 2.24) is 0 Å². The third kappa shape index (κ3) is 3.08. The minimum atomic E-state index is -0.750. The lowest BCUT2D eigenvalue weighted by Crippen LogP contribution is -2.02. The van der Waals surface area contributed by atoms with Gasteiger partial charge in [0, 0.05) is 27.7 Å². The van der Waals surface area contributed by atoms with Gasteiger partial charge < -0.3 is 4.74 Å². The molecule has 0 N–H and O–H groups in total. The van der Waals surface area contributed by atoms with Crippen molar-refractivity contribution in [1.29, 1.82) is 0 Å². The maximum Gasteiger partial charge on any atom is 0.134 e. The second-order valence-electron chi connectivity index (χ2n) is 4.03. The average molecular weight is 382 g/mol. The highest BCUT2D eigenvalue weighted by Gasteiger charge is 2.23. The first kappa shape index (κ1) is 15.5. The molecule has 1 nitrogen and oxygen atoms in total. The Morgan fingerprint density at radius 2 is 1.70 bits per heavy atom. The molecule has 0 bridgehead atoms. The molecule has 2 aromatic rings. The summed E-state index contributed by atoms with van der Waals surface area (Å²) in [5.41, 5.74) is 0.345. The van der Waals surface area contributed by atoms with Crippen molar-refractivity contribution in [3.63, 3.8) is 0 Å². The van der Waals surface area contributed by atoms with E-state index in [4.69, 9.17) is 27.9 Å². The highest BCUT2D eigenvalue weighted by atomic mass is 79.9. The van der Waals surface area contributed by atoms with Gasteiger partial charge in [-0.05, 0) is 23.8 Å². The van der Waals surface area contributed by atoms with Gasteiger partial charge in [-0.25, -0.2) is 8.78 Å². The molecule has 0 aliphatic carbocycles. The fourth-order valence-corrected chi connectivity index (χ4v) is 3.14. The second kappa shape index (κ2) is 6.29. The first-order valence-electron chi connectivity index (χ1n) is 5.56. The summed E-state index contributed by atoms with van der Waals surface area (Å²) in [6.45, 7) is 0. The summed E-state index contributed by atoms with van der Waals surface area (Å²) < 4.78 is 32.9. The molecule has 6 heteroatoms. The van der Waals surface area contributed by atoms with E-state index in [0.717, 1.165) is 12.1 Å². The van der Waals surface area contributed by atoms with Crippen LogP contribution in [0.15, 0.2) is 30.3 Å². The zero-order valence-corrected chi connectivity index (χ0v) is 13.4. The molecular formula is C14H9BrCl2F2O. The number of benzene rings is 2. The van der Waals surface area contributed by atoms with Gasteiger partial charge in [0.2, 0.25) is 0 Å². The Morgan fingerprint density at radius 1 is 1.10 bits per heavy atom. The standard InChI is InChI=1S/C14H9BrCl2F2O/c1-20-8-5-11(18)13(12(19)6-8)14(15)9-4-7(16)2-3-10(9)17/h2-6,14H,1H3. The zero-order chi connectivity index (χ0) is 14.9. The summed E-state index contributed by atoms with van der Waals surface area (Å²) >= 11 is 15.2. The average Bonchev–Trinajstić information content (AvgIpc) is 2.40. The molecule has 0 aliphatic heterocycles. The van der Waals surface area contributed by atoms with Gasteiger partial charge in [-0.2, -0.15) is 0 Å². The van der Waals surface area contributed by atoms with Crippen LogP contribution in [0, 0.1) is 11.6 Å². The molecule has 0 aliphatic rings. The third-order valence-electron chi connectivity index (χ3n) is 2.77. The third-order valence-corrected chi connectivity index (χ3v) is 4.30. The van der Waals surface area contributed by atoms with Crippen LogP contribution in [-0.4, -0.2) is 7.11 Å². The van der Waals surface area contributed by atoms with E-state index in [1.54, 1.807) is 18.2 Å². The van der Waals surface area contributed by atoms with E-state index in [2.05, 4.69) is 15.9 Å². The highest BCUT2D eigenvalue weighted by Crippen LogP contribution is 2.39. The number of hydrogen-bond donors (Lipinski definition) is 0. The molecule has 106 valence electrons. The van der Waals surface area contributed by atoms with Crippen molar-refractivity contribution in [3.8, 4) is 5.75 Å². The quantitative estimate of drug-likeness (QED) is 0.613. The van der Waals surface area contributed by atoms with E-state index >= 15 is 0 Å². The van der Waals surface area contributed by atoms with Crippen LogP contribution >= 0.6 is 39.1 Å². The minimum absolute atomic E-state index is 0.112. The summed E-state index contributed by atoms with van der Waals surface area (Å²) in [6.07, 6.45) is 0. The van der Waals surface area contributed by atoms with E-state index in [1.165, 1.54) is 7.11 Å². The number of methoxy groups -OCH3 is 1. The van der Waals surface area contributed by atoms with Gasteiger partial charge in [0.15, 0.2) is 0 Å². The molecule has 0 fully saturated rings. The van der Waals surface area contributed by atoms with Crippen molar-refractivity contribution in [2.45, 2.75) is 4.83 Å². The van der Waals surface area contributed by atoms with Gasteiger partial charge in [0.05, 0.1) is 11.9 Å². The predicted molar refractivity (Wildman–Crippen MR) is 80.1 cm³/mol. The number of ether oxygens (including phenoxy) is 1. The number of halogens is 5. The number of alkyl halides is 1. The minimum Gasteiger partial charge on any atom is -0.497 e. The van der Waals surface area contributed by atoms with E-state index in [1.807, 2.05) is 0 Å². The summed E-state index contributed by atoms with van der Waals surface area (Å²) in [5.74, 6) is -1.33. The Kier molecular flexibility index (Phi) is 4.89. The van der Waals surface area contributed by atoms with Crippen molar-refractivity contribution in [3.05, 3.63) is 63.1 Å². The van der Waals surface area contributed by atoms with Crippen molar-refractivity contribution in [2.24, 2.45) is 0 Å². The Balaban J connectivity index is 2.53. The van der Waals surface area contributed by atoms with E-state index in [0.29, 0.717) is 15.6 Å². The molecule has 0 radical (unpaired) electrons. The summed E-state index contributed by atoms with van der Waals surface area (Å²) in [5, 5.41) is 0.800. The highest BCUT2D eigenvalue weighted by molar-refractivity contribution is 9.09. The van der Waals surface area contributed by atoms with Crippen LogP contribution in [0.3, 0.4) is 0 Å². The number of hydrogen-bond acceptors (Lipinski definition) is 1. The topological polar surface area (TPSA) is 9.23 Å². The first-order valence-corrected chi connectivity index (χ1v) is 7.23. The normalized spacial score (nSPS) is 12.3. The van der Waals surface area contributed by atoms with Crippen LogP contribution in [0.25, 0.3) is 0 Å². The van der Waals surface area contributed by atoms with E-state index in [9.17, 15) is 8.78 Å². The summed E-state index contributed by atoms with van der Waals surface area (Å²) in [6, 6.07) is 6.98. The van der Waals surface area contributed by atoms with Gasteiger partial charge in [-0.1, -0.05) is 39.1 Å². The Hall–Kier alpha value is -0.840. The SMILES string of the molecule is COc1cc(F)c(C(Br)c2cc(Cl)ccc2Cl)c(F)c1. The van der Waals surface area contributed by atoms with Crippen LogP contribution in [0.2, 0.25) is 10.0 Å². The largest absolute Gasteiger partial charge is 0.497 e. The molecule has 0 heterocycles. The maximum atomic E-state index is 14.0. The van der Waals surface area contributed by atoms with Gasteiger partial charge in [0.25, 0.3) is 0 Å². The molecule has 20 heavy (non-hydrogen) atoms. The van der Waals surface area contributed by atoms with Gasteiger partial charge in [-0.3, -0.25) is 0 Å². The van der Waals surface area contributed by atoms with Crippen LogP contribution < -0.4 is 4.74 Å². The molecule has 0 amide bonds. The molecule has 2 aromatic carbocycles. The smallest absolute Gasteiger partial charge is 0.134 e. The second-order valence-corrected chi connectivity index (χ2v) is 5.79. The molecule has 0 aromatic heterocycles. The summed E-state index contributed by atoms with van der Waals surface area (Å²) in [7, 11) is 1.34. The van der Waals surface area contributed by atoms with Crippen LogP contribution in [0.1, 0.15) is 16.0 Å². The van der Waals surface area contributed by atoms with Crippen molar-refractivity contribution >= 4 is 39.1 Å². The lowest BCUT2D eigenvalue weighted by Gasteiger charge is -2.15.